The zero-order valence-electron chi connectivity index (χ0n) is 15.4. The molecule has 0 atom stereocenters. The molecule has 0 radical (unpaired) electrons. The van der Waals surface area contributed by atoms with Gasteiger partial charge in [-0.05, 0) is 57.8 Å². The Balaban J connectivity index is 2.15. The summed E-state index contributed by atoms with van der Waals surface area (Å²) in [5.74, 6) is 1.30. The lowest BCUT2D eigenvalue weighted by molar-refractivity contribution is -0.153. The summed E-state index contributed by atoms with van der Waals surface area (Å²) in [6, 6.07) is 0.107. The van der Waals surface area contributed by atoms with E-state index in [1.807, 2.05) is 20.8 Å². The first-order valence-electron chi connectivity index (χ1n) is 8.97. The Morgan fingerprint density at radius 2 is 1.78 bits per heavy atom. The van der Waals surface area contributed by atoms with Crippen molar-refractivity contribution in [3.63, 3.8) is 0 Å². The minimum Gasteiger partial charge on any atom is -0.463 e. The van der Waals surface area contributed by atoms with Crippen LogP contribution in [-0.4, -0.2) is 31.2 Å². The zero-order chi connectivity index (χ0) is 17.5. The average Bonchev–Trinajstić information content (AvgIpc) is 2.51. The molecule has 0 saturated heterocycles. The molecule has 134 valence electrons. The van der Waals surface area contributed by atoms with Gasteiger partial charge in [-0.3, -0.25) is 4.79 Å². The molecule has 0 heterocycles. The number of hydrogen-bond donors (Lipinski definition) is 2. The number of hydrogen-bond acceptors (Lipinski definition) is 3. The van der Waals surface area contributed by atoms with E-state index in [4.69, 9.17) is 4.74 Å². The molecule has 1 aliphatic carbocycles. The quantitative estimate of drug-likeness (QED) is 0.556. The highest BCUT2D eigenvalue weighted by molar-refractivity contribution is 5.76. The van der Waals surface area contributed by atoms with Crippen LogP contribution in [0.1, 0.15) is 66.7 Å². The van der Waals surface area contributed by atoms with Gasteiger partial charge in [-0.1, -0.05) is 20.8 Å². The second-order valence-corrected chi connectivity index (χ2v) is 7.63. The number of carbonyl (C=O) groups is 2. The van der Waals surface area contributed by atoms with Gasteiger partial charge in [0.1, 0.15) is 6.61 Å². The van der Waals surface area contributed by atoms with Crippen LogP contribution in [0, 0.1) is 17.3 Å². The molecule has 0 spiro atoms. The summed E-state index contributed by atoms with van der Waals surface area (Å²) in [7, 11) is 0. The van der Waals surface area contributed by atoms with Crippen molar-refractivity contribution in [3.05, 3.63) is 0 Å². The Kier molecular flexibility index (Phi) is 7.86. The van der Waals surface area contributed by atoms with Gasteiger partial charge in [0.15, 0.2) is 0 Å². The van der Waals surface area contributed by atoms with Crippen LogP contribution in [0.2, 0.25) is 0 Å². The van der Waals surface area contributed by atoms with Crippen molar-refractivity contribution in [2.75, 3.05) is 13.2 Å². The van der Waals surface area contributed by atoms with Gasteiger partial charge >= 0.3 is 12.0 Å². The maximum atomic E-state index is 11.9. The number of nitrogens with one attached hydrogen (secondary N) is 2. The largest absolute Gasteiger partial charge is 0.463 e. The molecule has 1 rings (SSSR count). The maximum Gasteiger partial charge on any atom is 0.315 e. The number of ether oxygens (including phenoxy) is 1. The van der Waals surface area contributed by atoms with Gasteiger partial charge in [-0.15, -0.1) is 0 Å². The standard InChI is InChI=1S/C18H34N2O3/c1-6-18(4,5)16(21)23-12-11-19-17(22)20-15-9-7-14(8-10-15)13(2)3/h13-15H,6-12H2,1-5H3,(H2,19,20,22). The summed E-state index contributed by atoms with van der Waals surface area (Å²) >= 11 is 0. The highest BCUT2D eigenvalue weighted by Gasteiger charge is 2.27. The van der Waals surface area contributed by atoms with Crippen LogP contribution < -0.4 is 10.6 Å². The zero-order valence-corrected chi connectivity index (χ0v) is 15.4. The highest BCUT2D eigenvalue weighted by atomic mass is 16.5. The maximum absolute atomic E-state index is 11.9. The Morgan fingerprint density at radius 3 is 2.30 bits per heavy atom. The van der Waals surface area contributed by atoms with Crippen LogP contribution in [0.25, 0.3) is 0 Å². The SMILES string of the molecule is CCC(C)(C)C(=O)OCCNC(=O)NC1CCC(C(C)C)CC1. The molecule has 1 fully saturated rings. The van der Waals surface area contributed by atoms with E-state index in [1.54, 1.807) is 0 Å². The Hall–Kier alpha value is -1.26. The molecule has 23 heavy (non-hydrogen) atoms. The fourth-order valence-corrected chi connectivity index (χ4v) is 2.81. The minimum atomic E-state index is -0.461. The molecule has 5 heteroatoms. The fraction of sp³-hybridized carbons (Fsp3) is 0.889. The topological polar surface area (TPSA) is 67.4 Å². The number of esters is 1. The average molecular weight is 326 g/mol. The van der Waals surface area contributed by atoms with Gasteiger partial charge in [0.2, 0.25) is 0 Å². The van der Waals surface area contributed by atoms with Gasteiger partial charge in [0, 0.05) is 6.04 Å². The van der Waals surface area contributed by atoms with Crippen LogP contribution in [0.15, 0.2) is 0 Å². The minimum absolute atomic E-state index is 0.163. The van der Waals surface area contributed by atoms with Crippen molar-refractivity contribution in [1.29, 1.82) is 0 Å². The third-order valence-electron chi connectivity index (χ3n) is 5.11. The summed E-state index contributed by atoms with van der Waals surface area (Å²) in [6.45, 7) is 10.8. The molecule has 0 aromatic rings. The third kappa shape index (κ3) is 6.80. The van der Waals surface area contributed by atoms with Crippen LogP contribution in [-0.2, 0) is 9.53 Å². The molecule has 2 N–H and O–H groups in total. The predicted molar refractivity (Wildman–Crippen MR) is 92.1 cm³/mol. The molecule has 0 aromatic heterocycles. The van der Waals surface area contributed by atoms with Crippen LogP contribution in [0.3, 0.4) is 0 Å². The van der Waals surface area contributed by atoms with E-state index in [1.165, 1.54) is 12.8 Å². The van der Waals surface area contributed by atoms with Crippen molar-refractivity contribution in [3.8, 4) is 0 Å². The monoisotopic (exact) mass is 326 g/mol. The molecular weight excluding hydrogens is 292 g/mol. The number of urea groups is 1. The van der Waals surface area contributed by atoms with E-state index in [2.05, 4.69) is 24.5 Å². The smallest absolute Gasteiger partial charge is 0.315 e. The fourth-order valence-electron chi connectivity index (χ4n) is 2.81. The molecular formula is C18H34N2O3. The van der Waals surface area contributed by atoms with E-state index < -0.39 is 5.41 Å². The Morgan fingerprint density at radius 1 is 1.17 bits per heavy atom. The molecule has 0 aromatic carbocycles. The summed E-state index contributed by atoms with van der Waals surface area (Å²) in [5.41, 5.74) is -0.461. The summed E-state index contributed by atoms with van der Waals surface area (Å²) in [5, 5.41) is 5.78. The molecule has 1 aliphatic rings. The number of carbonyl (C=O) groups excluding carboxylic acids is 2. The van der Waals surface area contributed by atoms with Crippen molar-refractivity contribution < 1.29 is 14.3 Å². The van der Waals surface area contributed by atoms with Gasteiger partial charge in [-0.2, -0.15) is 0 Å². The third-order valence-corrected chi connectivity index (χ3v) is 5.11. The first-order chi connectivity index (χ1) is 10.8. The van der Waals surface area contributed by atoms with Crippen molar-refractivity contribution in [2.45, 2.75) is 72.8 Å². The van der Waals surface area contributed by atoms with Crippen molar-refractivity contribution in [2.24, 2.45) is 17.3 Å². The van der Waals surface area contributed by atoms with Crippen molar-refractivity contribution >= 4 is 12.0 Å². The molecule has 0 bridgehead atoms. The van der Waals surface area contributed by atoms with Gasteiger partial charge in [0.05, 0.1) is 12.0 Å². The lowest BCUT2D eigenvalue weighted by atomic mass is 9.80. The normalized spacial score (nSPS) is 21.8. The lowest BCUT2D eigenvalue weighted by Crippen LogP contribution is -2.45. The lowest BCUT2D eigenvalue weighted by Gasteiger charge is -2.31. The molecule has 0 unspecified atom stereocenters. The molecule has 5 nitrogen and oxygen atoms in total. The van der Waals surface area contributed by atoms with Crippen LogP contribution in [0.4, 0.5) is 4.79 Å². The van der Waals surface area contributed by atoms with E-state index in [-0.39, 0.29) is 24.6 Å². The summed E-state index contributed by atoms with van der Waals surface area (Å²) < 4.78 is 5.20. The Bertz CT molecular complexity index is 386. The summed E-state index contributed by atoms with van der Waals surface area (Å²) in [4.78, 5) is 23.7. The molecule has 0 aliphatic heterocycles. The number of amides is 2. The van der Waals surface area contributed by atoms with Gasteiger partial charge in [-0.25, -0.2) is 4.79 Å². The molecule has 1 saturated carbocycles. The van der Waals surface area contributed by atoms with E-state index in [9.17, 15) is 9.59 Å². The predicted octanol–water partition coefficient (Wildman–Crippen LogP) is 3.48. The van der Waals surface area contributed by atoms with Gasteiger partial charge < -0.3 is 15.4 Å². The second-order valence-electron chi connectivity index (χ2n) is 7.63. The van der Waals surface area contributed by atoms with Crippen LogP contribution >= 0.6 is 0 Å². The van der Waals surface area contributed by atoms with E-state index in [0.717, 1.165) is 31.1 Å². The first kappa shape index (κ1) is 19.8. The molecule has 2 amide bonds. The van der Waals surface area contributed by atoms with E-state index >= 15 is 0 Å². The van der Waals surface area contributed by atoms with Crippen LogP contribution in [0.5, 0.6) is 0 Å². The van der Waals surface area contributed by atoms with Gasteiger partial charge in [0.25, 0.3) is 0 Å². The van der Waals surface area contributed by atoms with E-state index in [0.29, 0.717) is 6.54 Å². The highest BCUT2D eigenvalue weighted by Crippen LogP contribution is 2.29. The summed E-state index contributed by atoms with van der Waals surface area (Å²) in [6.07, 6.45) is 5.21. The first-order valence-corrected chi connectivity index (χ1v) is 8.97. The second kappa shape index (κ2) is 9.14. The Labute approximate surface area is 140 Å². The van der Waals surface area contributed by atoms with Crippen molar-refractivity contribution in [1.82, 2.24) is 10.6 Å². The number of rotatable bonds is 7.